The minimum absolute atomic E-state index is 0.109. The largest absolute Gasteiger partial charge is 0.497 e. The van der Waals surface area contributed by atoms with Crippen LogP contribution in [-0.2, 0) is 6.42 Å². The molecule has 0 spiro atoms. The average molecular weight is 344 g/mol. The molecule has 0 fully saturated rings. The number of aryl methyl sites for hydroxylation is 1. The molecule has 2 atom stereocenters. The van der Waals surface area contributed by atoms with Crippen LogP contribution in [0, 0.1) is 10.1 Å². The van der Waals surface area contributed by atoms with Crippen LogP contribution in [0.4, 0.5) is 5.69 Å². The summed E-state index contributed by atoms with van der Waals surface area (Å²) < 4.78 is 5.11. The molecule has 6 nitrogen and oxygen atoms in total. The number of rotatable bonds is 9. The molecular formula is C19H24N2O4. The molecule has 2 aromatic carbocycles. The molecule has 0 saturated carbocycles. The Morgan fingerprint density at radius 1 is 1.16 bits per heavy atom. The van der Waals surface area contributed by atoms with E-state index in [4.69, 9.17) is 4.74 Å². The van der Waals surface area contributed by atoms with E-state index in [0.717, 1.165) is 29.7 Å². The standard InChI is InChI=1S/C19H24N2O4/c1-14(3-4-15-5-9-17(10-6-15)21(23)24)20-13-19(22)16-7-11-18(25-2)12-8-16/h5-12,14,19-20,22H,3-4,13H2,1-2H3. The molecule has 0 amide bonds. The first-order chi connectivity index (χ1) is 12.0. The van der Waals surface area contributed by atoms with Crippen molar-refractivity contribution in [3.05, 3.63) is 69.8 Å². The molecule has 0 heterocycles. The van der Waals surface area contributed by atoms with Gasteiger partial charge < -0.3 is 15.2 Å². The van der Waals surface area contributed by atoms with E-state index < -0.39 is 11.0 Å². The number of aliphatic hydroxyl groups excluding tert-OH is 1. The highest BCUT2D eigenvalue weighted by molar-refractivity contribution is 5.33. The van der Waals surface area contributed by atoms with Crippen molar-refractivity contribution in [1.82, 2.24) is 5.32 Å². The van der Waals surface area contributed by atoms with Crippen molar-refractivity contribution < 1.29 is 14.8 Å². The van der Waals surface area contributed by atoms with Crippen LogP contribution in [0.1, 0.15) is 30.6 Å². The molecule has 2 aromatic rings. The Morgan fingerprint density at radius 3 is 2.36 bits per heavy atom. The van der Waals surface area contributed by atoms with Crippen LogP contribution in [0.5, 0.6) is 5.75 Å². The summed E-state index contributed by atoms with van der Waals surface area (Å²) in [6.07, 6.45) is 1.13. The molecule has 0 bridgehead atoms. The third-order valence-electron chi connectivity index (χ3n) is 4.17. The smallest absolute Gasteiger partial charge is 0.269 e. The van der Waals surface area contributed by atoms with Crippen LogP contribution < -0.4 is 10.1 Å². The van der Waals surface area contributed by atoms with Gasteiger partial charge in [0, 0.05) is 24.7 Å². The second kappa shape index (κ2) is 9.15. The summed E-state index contributed by atoms with van der Waals surface area (Å²) in [5.41, 5.74) is 2.02. The van der Waals surface area contributed by atoms with Crippen LogP contribution in [0.15, 0.2) is 48.5 Å². The zero-order valence-electron chi connectivity index (χ0n) is 14.5. The maximum Gasteiger partial charge on any atom is 0.269 e. The van der Waals surface area contributed by atoms with Gasteiger partial charge in [-0.2, -0.15) is 0 Å². The van der Waals surface area contributed by atoms with Crippen LogP contribution in [0.2, 0.25) is 0 Å². The zero-order chi connectivity index (χ0) is 18.2. The van der Waals surface area contributed by atoms with E-state index in [0.29, 0.717) is 6.54 Å². The molecule has 0 radical (unpaired) electrons. The fourth-order valence-electron chi connectivity index (χ4n) is 2.53. The molecule has 0 aliphatic heterocycles. The molecule has 2 unspecified atom stereocenters. The molecule has 0 saturated heterocycles. The molecule has 2 rings (SSSR count). The maximum atomic E-state index is 10.6. The number of nitrogens with zero attached hydrogens (tertiary/aromatic N) is 1. The summed E-state index contributed by atoms with van der Waals surface area (Å²) in [6, 6.07) is 14.2. The lowest BCUT2D eigenvalue weighted by molar-refractivity contribution is -0.384. The van der Waals surface area contributed by atoms with Crippen molar-refractivity contribution in [3.63, 3.8) is 0 Å². The Balaban J connectivity index is 1.75. The van der Waals surface area contributed by atoms with E-state index in [1.165, 1.54) is 12.1 Å². The number of benzene rings is 2. The van der Waals surface area contributed by atoms with E-state index >= 15 is 0 Å². The second-order valence-electron chi connectivity index (χ2n) is 6.06. The fourth-order valence-corrected chi connectivity index (χ4v) is 2.53. The van der Waals surface area contributed by atoms with Crippen molar-refractivity contribution in [2.24, 2.45) is 0 Å². The van der Waals surface area contributed by atoms with E-state index in [2.05, 4.69) is 12.2 Å². The number of ether oxygens (including phenoxy) is 1. The molecule has 134 valence electrons. The molecule has 0 aliphatic carbocycles. The van der Waals surface area contributed by atoms with Gasteiger partial charge in [0.2, 0.25) is 0 Å². The minimum Gasteiger partial charge on any atom is -0.497 e. The number of methoxy groups -OCH3 is 1. The number of nitro groups is 1. The number of non-ortho nitro benzene ring substituents is 1. The summed E-state index contributed by atoms with van der Waals surface area (Å²) >= 11 is 0. The second-order valence-corrected chi connectivity index (χ2v) is 6.06. The van der Waals surface area contributed by atoms with E-state index in [-0.39, 0.29) is 11.7 Å². The fraction of sp³-hybridized carbons (Fsp3) is 0.368. The summed E-state index contributed by atoms with van der Waals surface area (Å²) in [6.45, 7) is 2.53. The van der Waals surface area contributed by atoms with E-state index in [1.54, 1.807) is 19.2 Å². The lowest BCUT2D eigenvalue weighted by atomic mass is 10.0. The Kier molecular flexibility index (Phi) is 6.91. The number of nitro benzene ring substituents is 1. The molecule has 6 heteroatoms. The highest BCUT2D eigenvalue weighted by atomic mass is 16.6. The Morgan fingerprint density at radius 2 is 1.80 bits per heavy atom. The molecule has 25 heavy (non-hydrogen) atoms. The highest BCUT2D eigenvalue weighted by Gasteiger charge is 2.10. The monoisotopic (exact) mass is 344 g/mol. The Labute approximate surface area is 147 Å². The summed E-state index contributed by atoms with van der Waals surface area (Å²) in [4.78, 5) is 10.3. The first-order valence-electron chi connectivity index (χ1n) is 8.28. The molecule has 0 aliphatic rings. The molecule has 0 aromatic heterocycles. The van der Waals surface area contributed by atoms with Gasteiger partial charge in [0.15, 0.2) is 0 Å². The van der Waals surface area contributed by atoms with Crippen molar-refractivity contribution >= 4 is 5.69 Å². The van der Waals surface area contributed by atoms with Gasteiger partial charge in [-0.1, -0.05) is 24.3 Å². The van der Waals surface area contributed by atoms with Crippen molar-refractivity contribution in [1.29, 1.82) is 0 Å². The minimum atomic E-state index is -0.576. The molecular weight excluding hydrogens is 320 g/mol. The SMILES string of the molecule is COc1ccc(C(O)CNC(C)CCc2ccc([N+](=O)[O-])cc2)cc1. The quantitative estimate of drug-likeness (QED) is 0.539. The van der Waals surface area contributed by atoms with Gasteiger partial charge in [-0.25, -0.2) is 0 Å². The predicted molar refractivity (Wildman–Crippen MR) is 96.8 cm³/mol. The number of aliphatic hydroxyl groups is 1. The number of hydrogen-bond acceptors (Lipinski definition) is 5. The first kappa shape index (κ1) is 18.9. The van der Waals surface area contributed by atoms with Gasteiger partial charge >= 0.3 is 0 Å². The first-order valence-corrected chi connectivity index (χ1v) is 8.28. The van der Waals surface area contributed by atoms with Gasteiger partial charge in [0.25, 0.3) is 5.69 Å². The zero-order valence-corrected chi connectivity index (χ0v) is 14.5. The Bertz CT molecular complexity index is 671. The third-order valence-corrected chi connectivity index (χ3v) is 4.17. The van der Waals surface area contributed by atoms with Crippen LogP contribution in [-0.4, -0.2) is 29.7 Å². The predicted octanol–water partition coefficient (Wildman–Crippen LogP) is 3.25. The number of hydrogen-bond donors (Lipinski definition) is 2. The molecule has 2 N–H and O–H groups in total. The third kappa shape index (κ3) is 5.85. The van der Waals surface area contributed by atoms with E-state index in [1.807, 2.05) is 24.3 Å². The van der Waals surface area contributed by atoms with Gasteiger partial charge in [-0.15, -0.1) is 0 Å². The van der Waals surface area contributed by atoms with Gasteiger partial charge in [-0.3, -0.25) is 10.1 Å². The number of nitrogens with one attached hydrogen (secondary N) is 1. The average Bonchev–Trinajstić information content (AvgIpc) is 2.64. The summed E-state index contributed by atoms with van der Waals surface area (Å²) in [5, 5.41) is 24.2. The topological polar surface area (TPSA) is 84.6 Å². The van der Waals surface area contributed by atoms with Gasteiger partial charge in [0.1, 0.15) is 5.75 Å². The summed E-state index contributed by atoms with van der Waals surface area (Å²) in [5.74, 6) is 0.764. The van der Waals surface area contributed by atoms with Gasteiger partial charge in [0.05, 0.1) is 18.1 Å². The van der Waals surface area contributed by atoms with Gasteiger partial charge in [-0.05, 0) is 43.0 Å². The Hall–Kier alpha value is -2.44. The van der Waals surface area contributed by atoms with Crippen LogP contribution >= 0.6 is 0 Å². The highest BCUT2D eigenvalue weighted by Crippen LogP contribution is 2.17. The lowest BCUT2D eigenvalue weighted by Crippen LogP contribution is -2.30. The summed E-state index contributed by atoms with van der Waals surface area (Å²) in [7, 11) is 1.61. The van der Waals surface area contributed by atoms with Crippen molar-refractivity contribution in [2.45, 2.75) is 31.9 Å². The van der Waals surface area contributed by atoms with E-state index in [9.17, 15) is 15.2 Å². The normalized spacial score (nSPS) is 13.2. The van der Waals surface area contributed by atoms with Crippen LogP contribution in [0.25, 0.3) is 0 Å². The van der Waals surface area contributed by atoms with Crippen molar-refractivity contribution in [3.8, 4) is 5.75 Å². The maximum absolute atomic E-state index is 10.6. The van der Waals surface area contributed by atoms with Crippen molar-refractivity contribution in [2.75, 3.05) is 13.7 Å². The lowest BCUT2D eigenvalue weighted by Gasteiger charge is -2.17. The van der Waals surface area contributed by atoms with Crippen LogP contribution in [0.3, 0.4) is 0 Å².